The largest absolute Gasteiger partial charge is 0.496 e. The zero-order valence-corrected chi connectivity index (χ0v) is 23.0. The lowest BCUT2D eigenvalue weighted by Crippen LogP contribution is -2.38. The highest BCUT2D eigenvalue weighted by atomic mass is 32.1. The Morgan fingerprint density at radius 3 is 2.64 bits per heavy atom. The summed E-state index contributed by atoms with van der Waals surface area (Å²) in [5.41, 5.74) is 1.64. The van der Waals surface area contributed by atoms with Gasteiger partial charge in [-0.25, -0.2) is 9.78 Å². The summed E-state index contributed by atoms with van der Waals surface area (Å²) >= 11 is 1.40. The maximum absolute atomic E-state index is 12.8. The van der Waals surface area contributed by atoms with E-state index < -0.39 is 12.2 Å². The number of ether oxygens (including phenoxy) is 4. The van der Waals surface area contributed by atoms with Crippen molar-refractivity contribution >= 4 is 28.5 Å². The number of furan rings is 1. The number of thiazole rings is 1. The quantitative estimate of drug-likeness (QED) is 0.395. The second-order valence-corrected chi connectivity index (χ2v) is 10.5. The zero-order valence-electron chi connectivity index (χ0n) is 22.2. The molecule has 0 saturated carbocycles. The number of fused-ring (bicyclic) bond motifs is 1. The van der Waals surface area contributed by atoms with Crippen molar-refractivity contribution in [1.82, 2.24) is 15.2 Å². The van der Waals surface area contributed by atoms with Crippen LogP contribution in [-0.2, 0) is 17.7 Å². The number of aromatic nitrogens is 1. The Hall–Kier alpha value is -3.77. The van der Waals surface area contributed by atoms with E-state index in [-0.39, 0.29) is 17.7 Å². The molecule has 1 fully saturated rings. The van der Waals surface area contributed by atoms with Crippen LogP contribution < -0.4 is 24.8 Å². The van der Waals surface area contributed by atoms with Gasteiger partial charge >= 0.3 is 6.09 Å². The van der Waals surface area contributed by atoms with Crippen molar-refractivity contribution in [3.63, 3.8) is 0 Å². The van der Waals surface area contributed by atoms with Gasteiger partial charge in [0.05, 0.1) is 38.8 Å². The molecule has 5 rings (SSSR count). The van der Waals surface area contributed by atoms with Crippen LogP contribution in [0, 0.1) is 0 Å². The van der Waals surface area contributed by atoms with E-state index in [4.69, 9.17) is 23.4 Å². The minimum Gasteiger partial charge on any atom is -0.496 e. The van der Waals surface area contributed by atoms with Crippen LogP contribution in [0.15, 0.2) is 34.9 Å². The molecule has 2 unspecified atom stereocenters. The number of carbonyl (C=O) groups excluding carboxylic acids is 2. The molecule has 0 bridgehead atoms. The first-order chi connectivity index (χ1) is 19.0. The monoisotopic (exact) mass is 556 g/mol. The number of nitrogens with one attached hydrogen (secondary N) is 2. The Bertz CT molecular complexity index is 1280. The van der Waals surface area contributed by atoms with E-state index >= 15 is 0 Å². The predicted octanol–water partition coefficient (Wildman–Crippen LogP) is 4.39. The van der Waals surface area contributed by atoms with E-state index in [9.17, 15) is 9.59 Å². The molecule has 1 aliphatic carbocycles. The lowest BCUT2D eigenvalue weighted by atomic mass is 10.0. The van der Waals surface area contributed by atoms with E-state index in [1.165, 1.54) is 17.6 Å². The average Bonchev–Trinajstić information content (AvgIpc) is 3.70. The van der Waals surface area contributed by atoms with Crippen molar-refractivity contribution in [3.05, 3.63) is 52.4 Å². The number of likely N-dealkylation sites (tertiary alicyclic amines) is 1. The van der Waals surface area contributed by atoms with Crippen LogP contribution in [0.1, 0.15) is 52.1 Å². The van der Waals surface area contributed by atoms with Crippen molar-refractivity contribution in [3.8, 4) is 17.2 Å². The fraction of sp³-hybridized carbons (Fsp3) is 0.444. The molecule has 2 aliphatic rings. The average molecular weight is 557 g/mol. The van der Waals surface area contributed by atoms with Crippen molar-refractivity contribution in [1.29, 1.82) is 0 Å². The second kappa shape index (κ2) is 12.0. The number of aryl methyl sites for hydroxylation is 1. The van der Waals surface area contributed by atoms with Crippen molar-refractivity contribution in [2.75, 3.05) is 39.7 Å². The van der Waals surface area contributed by atoms with Gasteiger partial charge in [0.2, 0.25) is 0 Å². The molecule has 3 aromatic rings. The van der Waals surface area contributed by atoms with Gasteiger partial charge in [0.15, 0.2) is 10.9 Å². The highest BCUT2D eigenvalue weighted by molar-refractivity contribution is 7.15. The summed E-state index contributed by atoms with van der Waals surface area (Å²) in [4.78, 5) is 33.0. The number of rotatable bonds is 9. The Kier molecular flexibility index (Phi) is 8.22. The molecule has 1 aliphatic heterocycles. The second-order valence-electron chi connectivity index (χ2n) is 9.42. The SMILES string of the molecule is COc1cc(OC)c(CN2CCC(NC(=O)OC3CCCc4sc(NC(=O)c5ccco5)nc43)C2)c(OC)c1. The molecule has 2 N–H and O–H groups in total. The minimum atomic E-state index is -0.464. The summed E-state index contributed by atoms with van der Waals surface area (Å²) in [5, 5.41) is 6.25. The van der Waals surface area contributed by atoms with Gasteiger partial charge in [0.1, 0.15) is 23.4 Å². The van der Waals surface area contributed by atoms with Gasteiger partial charge in [-0.3, -0.25) is 15.0 Å². The Morgan fingerprint density at radius 1 is 1.15 bits per heavy atom. The highest BCUT2D eigenvalue weighted by Gasteiger charge is 2.31. The van der Waals surface area contributed by atoms with E-state index in [1.807, 2.05) is 12.1 Å². The Morgan fingerprint density at radius 2 is 1.95 bits per heavy atom. The van der Waals surface area contributed by atoms with Crippen LogP contribution in [0.5, 0.6) is 17.2 Å². The topological polar surface area (TPSA) is 124 Å². The van der Waals surface area contributed by atoms with Crippen LogP contribution >= 0.6 is 11.3 Å². The molecule has 11 nitrogen and oxygen atoms in total. The predicted molar refractivity (Wildman–Crippen MR) is 144 cm³/mol. The maximum Gasteiger partial charge on any atom is 0.408 e. The number of nitrogens with zero attached hydrogens (tertiary/aromatic N) is 2. The van der Waals surface area contributed by atoms with Crippen molar-refractivity contribution in [2.24, 2.45) is 0 Å². The first kappa shape index (κ1) is 26.8. The molecule has 208 valence electrons. The summed E-state index contributed by atoms with van der Waals surface area (Å²) in [6.45, 7) is 2.09. The number of alkyl carbamates (subject to hydrolysis) is 1. The van der Waals surface area contributed by atoms with Gasteiger partial charge in [0.25, 0.3) is 5.91 Å². The normalized spacial score (nSPS) is 18.7. The molecule has 1 saturated heterocycles. The third-order valence-corrected chi connectivity index (χ3v) is 7.96. The summed E-state index contributed by atoms with van der Waals surface area (Å²) in [6, 6.07) is 6.88. The molecule has 0 radical (unpaired) electrons. The van der Waals surface area contributed by atoms with Crippen LogP contribution in [-0.4, -0.2) is 62.3 Å². The van der Waals surface area contributed by atoms with Crippen molar-refractivity contribution in [2.45, 2.75) is 44.4 Å². The summed E-state index contributed by atoms with van der Waals surface area (Å²) in [6.07, 6.45) is 3.72. The lowest BCUT2D eigenvalue weighted by Gasteiger charge is -2.23. The number of hydrogen-bond acceptors (Lipinski definition) is 10. The standard InChI is InChI=1S/C27H32N4O7S/c1-34-17-12-21(35-2)18(22(13-17)36-3)15-31-10-9-16(14-31)28-27(33)38-19-6-4-8-23-24(19)29-26(39-23)30-25(32)20-7-5-11-37-20/h5,7,11-13,16,19H,4,6,8-10,14-15H2,1-3H3,(H,28,33)(H,29,30,32). The molecule has 3 heterocycles. The third-order valence-electron chi connectivity index (χ3n) is 6.91. The van der Waals surface area contributed by atoms with Crippen LogP contribution in [0.4, 0.5) is 9.93 Å². The molecule has 39 heavy (non-hydrogen) atoms. The number of carbonyl (C=O) groups is 2. The molecule has 12 heteroatoms. The third kappa shape index (κ3) is 6.12. The van der Waals surface area contributed by atoms with Crippen molar-refractivity contribution < 1.29 is 33.0 Å². The number of benzene rings is 1. The lowest BCUT2D eigenvalue weighted by molar-refractivity contribution is 0.0827. The smallest absolute Gasteiger partial charge is 0.408 e. The highest BCUT2D eigenvalue weighted by Crippen LogP contribution is 2.38. The number of amides is 2. The van der Waals surface area contributed by atoms with Gasteiger partial charge in [-0.15, -0.1) is 11.3 Å². The van der Waals surface area contributed by atoms with Gasteiger partial charge in [0, 0.05) is 42.7 Å². The number of hydrogen-bond donors (Lipinski definition) is 2. The summed E-state index contributed by atoms with van der Waals surface area (Å²) < 4.78 is 27.5. The van der Waals surface area contributed by atoms with E-state index in [0.717, 1.165) is 36.2 Å². The number of anilines is 1. The fourth-order valence-corrected chi connectivity index (χ4v) is 6.04. The summed E-state index contributed by atoms with van der Waals surface area (Å²) in [7, 11) is 4.85. The Balaban J connectivity index is 1.16. The first-order valence-corrected chi connectivity index (χ1v) is 13.6. The van der Waals surface area contributed by atoms with Crippen LogP contribution in [0.25, 0.3) is 0 Å². The van der Waals surface area contributed by atoms with Gasteiger partial charge < -0.3 is 28.7 Å². The van der Waals surface area contributed by atoms with Gasteiger partial charge in [-0.2, -0.15) is 0 Å². The fourth-order valence-electron chi connectivity index (χ4n) is 4.99. The molecule has 1 aromatic carbocycles. The maximum atomic E-state index is 12.8. The zero-order chi connectivity index (χ0) is 27.4. The van der Waals surface area contributed by atoms with E-state index in [1.54, 1.807) is 33.5 Å². The van der Waals surface area contributed by atoms with Crippen LogP contribution in [0.2, 0.25) is 0 Å². The molecule has 0 spiro atoms. The number of methoxy groups -OCH3 is 3. The molecular formula is C27H32N4O7S. The van der Waals surface area contributed by atoms with E-state index in [0.29, 0.717) is 47.6 Å². The molecular weight excluding hydrogens is 524 g/mol. The minimum absolute atomic E-state index is 0.0469. The summed E-state index contributed by atoms with van der Waals surface area (Å²) in [5.74, 6) is 1.90. The molecule has 2 aromatic heterocycles. The first-order valence-electron chi connectivity index (χ1n) is 12.8. The van der Waals surface area contributed by atoms with Crippen LogP contribution in [0.3, 0.4) is 0 Å². The van der Waals surface area contributed by atoms with Gasteiger partial charge in [-0.1, -0.05) is 0 Å². The molecule has 2 amide bonds. The van der Waals surface area contributed by atoms with Gasteiger partial charge in [-0.05, 0) is 37.8 Å². The molecule has 2 atom stereocenters. The van der Waals surface area contributed by atoms with E-state index in [2.05, 4.69) is 20.5 Å². The Labute approximate surface area is 230 Å².